The van der Waals surface area contributed by atoms with Gasteiger partial charge in [-0.3, -0.25) is 4.79 Å². The van der Waals surface area contributed by atoms with Crippen LogP contribution in [-0.2, 0) is 0 Å². The van der Waals surface area contributed by atoms with E-state index < -0.39 is 6.10 Å². The zero-order valence-corrected chi connectivity index (χ0v) is 13.9. The third kappa shape index (κ3) is 5.26. The number of anilines is 1. The summed E-state index contributed by atoms with van der Waals surface area (Å²) in [6.45, 7) is 4.09. The molecule has 0 aromatic heterocycles. The highest BCUT2D eigenvalue weighted by atomic mass is 35.5. The van der Waals surface area contributed by atoms with Crippen molar-refractivity contribution < 1.29 is 14.6 Å². The van der Waals surface area contributed by atoms with Gasteiger partial charge >= 0.3 is 0 Å². The molecule has 0 radical (unpaired) electrons. The van der Waals surface area contributed by atoms with Crippen LogP contribution in [0.5, 0.6) is 5.75 Å². The van der Waals surface area contributed by atoms with Gasteiger partial charge in [-0.25, -0.2) is 0 Å². The second-order valence-corrected chi connectivity index (χ2v) is 5.14. The molecule has 2 unspecified atom stereocenters. The number of aliphatic hydroxyl groups excluding tert-OH is 1. The number of ether oxygens (including phenoxy) is 1. The van der Waals surface area contributed by atoms with Crippen molar-refractivity contribution in [2.45, 2.75) is 26.4 Å². The summed E-state index contributed by atoms with van der Waals surface area (Å²) in [6.07, 6.45) is 0.257. The summed E-state index contributed by atoms with van der Waals surface area (Å²) in [4.78, 5) is 12.1. The van der Waals surface area contributed by atoms with E-state index in [1.54, 1.807) is 0 Å². The standard InChI is InChI=1S/C14H21ClN2O3.ClH/c1-4-8(2)12(18)7-17-14(19)9-5-10(15)11(16)6-13(9)20-3;/h5-6,8,12,18H,4,7,16H2,1-3H3,(H,17,19);1H. The topological polar surface area (TPSA) is 84.6 Å². The lowest BCUT2D eigenvalue weighted by molar-refractivity contribution is 0.0847. The first-order valence-corrected chi connectivity index (χ1v) is 6.87. The molecule has 0 aliphatic heterocycles. The maximum Gasteiger partial charge on any atom is 0.255 e. The van der Waals surface area contributed by atoms with Gasteiger partial charge in [-0.2, -0.15) is 0 Å². The van der Waals surface area contributed by atoms with Crippen LogP contribution in [-0.4, -0.2) is 30.8 Å². The summed E-state index contributed by atoms with van der Waals surface area (Å²) in [5, 5.41) is 12.8. The minimum Gasteiger partial charge on any atom is -0.496 e. The number of aliphatic hydroxyl groups is 1. The molecule has 0 heterocycles. The smallest absolute Gasteiger partial charge is 0.255 e. The lowest BCUT2D eigenvalue weighted by Gasteiger charge is -2.18. The number of carbonyl (C=O) groups excluding carboxylic acids is 1. The Labute approximate surface area is 136 Å². The summed E-state index contributed by atoms with van der Waals surface area (Å²) in [5.41, 5.74) is 6.30. The number of hydrogen-bond donors (Lipinski definition) is 3. The van der Waals surface area contributed by atoms with Gasteiger partial charge in [0.2, 0.25) is 0 Å². The maximum atomic E-state index is 12.1. The van der Waals surface area contributed by atoms with Crippen LogP contribution < -0.4 is 15.8 Å². The number of carbonyl (C=O) groups is 1. The van der Waals surface area contributed by atoms with E-state index in [0.717, 1.165) is 6.42 Å². The molecule has 21 heavy (non-hydrogen) atoms. The highest BCUT2D eigenvalue weighted by Crippen LogP contribution is 2.28. The SMILES string of the molecule is CCC(C)C(O)CNC(=O)c1cc(Cl)c(N)cc1OC.Cl. The Morgan fingerprint density at radius 1 is 1.52 bits per heavy atom. The lowest BCUT2D eigenvalue weighted by Crippen LogP contribution is -2.35. The Balaban J connectivity index is 0.00000400. The quantitative estimate of drug-likeness (QED) is 0.696. The molecule has 1 aromatic carbocycles. The zero-order chi connectivity index (χ0) is 15.3. The summed E-state index contributed by atoms with van der Waals surface area (Å²) < 4.78 is 5.12. The molecule has 0 spiro atoms. The molecule has 0 aliphatic carbocycles. The number of hydrogen-bond acceptors (Lipinski definition) is 4. The number of rotatable bonds is 6. The predicted octanol–water partition coefficient (Wildman–Crippen LogP) is 2.49. The molecule has 0 saturated carbocycles. The highest BCUT2D eigenvalue weighted by molar-refractivity contribution is 6.33. The number of methoxy groups -OCH3 is 1. The van der Waals surface area contributed by atoms with E-state index in [-0.39, 0.29) is 30.8 Å². The molecule has 4 N–H and O–H groups in total. The third-order valence-corrected chi connectivity index (χ3v) is 3.66. The Hall–Kier alpha value is -1.17. The van der Waals surface area contributed by atoms with Gasteiger partial charge in [0.15, 0.2) is 0 Å². The molecule has 0 saturated heterocycles. The van der Waals surface area contributed by atoms with Crippen molar-refractivity contribution in [1.29, 1.82) is 0 Å². The van der Waals surface area contributed by atoms with E-state index in [9.17, 15) is 9.90 Å². The van der Waals surface area contributed by atoms with Gasteiger partial charge in [0.25, 0.3) is 5.91 Å². The van der Waals surface area contributed by atoms with Crippen LogP contribution in [0.4, 0.5) is 5.69 Å². The van der Waals surface area contributed by atoms with Gasteiger partial charge in [-0.1, -0.05) is 31.9 Å². The molecule has 1 amide bonds. The van der Waals surface area contributed by atoms with Crippen LogP contribution in [0.3, 0.4) is 0 Å². The van der Waals surface area contributed by atoms with Crippen LogP contribution >= 0.6 is 24.0 Å². The van der Waals surface area contributed by atoms with Crippen molar-refractivity contribution >= 4 is 35.6 Å². The van der Waals surface area contributed by atoms with Crippen LogP contribution in [0.2, 0.25) is 5.02 Å². The molecular formula is C14H22Cl2N2O3. The van der Waals surface area contributed by atoms with E-state index in [1.165, 1.54) is 19.2 Å². The molecule has 120 valence electrons. The third-order valence-electron chi connectivity index (χ3n) is 3.34. The van der Waals surface area contributed by atoms with Crippen LogP contribution in [0.25, 0.3) is 0 Å². The predicted molar refractivity (Wildman–Crippen MR) is 87.5 cm³/mol. The van der Waals surface area contributed by atoms with E-state index in [0.29, 0.717) is 22.0 Å². The minimum atomic E-state index is -0.584. The van der Waals surface area contributed by atoms with Crippen molar-refractivity contribution in [1.82, 2.24) is 5.32 Å². The molecule has 7 heteroatoms. The molecule has 5 nitrogen and oxygen atoms in total. The molecule has 0 aliphatic rings. The summed E-state index contributed by atoms with van der Waals surface area (Å²) >= 11 is 5.91. The molecule has 0 fully saturated rings. The molecule has 2 atom stereocenters. The van der Waals surface area contributed by atoms with Crippen LogP contribution in [0, 0.1) is 5.92 Å². The average Bonchev–Trinajstić information content (AvgIpc) is 2.45. The summed E-state index contributed by atoms with van der Waals surface area (Å²) in [6, 6.07) is 2.96. The number of nitrogen functional groups attached to an aromatic ring is 1. The van der Waals surface area contributed by atoms with E-state index in [4.69, 9.17) is 22.1 Å². The van der Waals surface area contributed by atoms with E-state index in [2.05, 4.69) is 5.32 Å². The van der Waals surface area contributed by atoms with E-state index in [1.807, 2.05) is 13.8 Å². The van der Waals surface area contributed by atoms with Gasteiger partial charge in [0.05, 0.1) is 29.5 Å². The largest absolute Gasteiger partial charge is 0.496 e. The van der Waals surface area contributed by atoms with Crippen molar-refractivity contribution in [2.24, 2.45) is 5.92 Å². The number of benzene rings is 1. The van der Waals surface area contributed by atoms with Crippen molar-refractivity contribution in [2.75, 3.05) is 19.4 Å². The van der Waals surface area contributed by atoms with Crippen molar-refractivity contribution in [3.63, 3.8) is 0 Å². The number of nitrogens with one attached hydrogen (secondary N) is 1. The first kappa shape index (κ1) is 19.8. The first-order valence-electron chi connectivity index (χ1n) is 6.49. The highest BCUT2D eigenvalue weighted by Gasteiger charge is 2.17. The molecule has 1 rings (SSSR count). The Morgan fingerprint density at radius 3 is 2.67 bits per heavy atom. The number of amides is 1. The monoisotopic (exact) mass is 336 g/mol. The fourth-order valence-corrected chi connectivity index (χ4v) is 1.84. The van der Waals surface area contributed by atoms with Crippen LogP contribution in [0.15, 0.2) is 12.1 Å². The fourth-order valence-electron chi connectivity index (χ4n) is 1.68. The van der Waals surface area contributed by atoms with Gasteiger partial charge < -0.3 is 20.9 Å². The molecular weight excluding hydrogens is 315 g/mol. The normalized spacial score (nSPS) is 13.0. The van der Waals surface area contributed by atoms with Crippen molar-refractivity contribution in [3.05, 3.63) is 22.7 Å². The molecule has 0 bridgehead atoms. The Morgan fingerprint density at radius 2 is 2.14 bits per heavy atom. The van der Waals surface area contributed by atoms with Gasteiger partial charge in [0, 0.05) is 12.6 Å². The van der Waals surface area contributed by atoms with Gasteiger partial charge in [0.1, 0.15) is 5.75 Å². The van der Waals surface area contributed by atoms with Gasteiger partial charge in [-0.15, -0.1) is 12.4 Å². The molecule has 1 aromatic rings. The minimum absolute atomic E-state index is 0. The summed E-state index contributed by atoms with van der Waals surface area (Å²) in [5.74, 6) is 0.112. The Kier molecular flexibility index (Phi) is 8.47. The fraction of sp³-hybridized carbons (Fsp3) is 0.500. The second-order valence-electron chi connectivity index (χ2n) is 4.74. The number of nitrogens with two attached hydrogens (primary N) is 1. The average molecular weight is 337 g/mol. The summed E-state index contributed by atoms with van der Waals surface area (Å²) in [7, 11) is 1.45. The van der Waals surface area contributed by atoms with Crippen LogP contribution in [0.1, 0.15) is 30.6 Å². The van der Waals surface area contributed by atoms with E-state index >= 15 is 0 Å². The lowest BCUT2D eigenvalue weighted by atomic mass is 10.0. The Bertz CT molecular complexity index is 484. The van der Waals surface area contributed by atoms with Gasteiger partial charge in [-0.05, 0) is 12.0 Å². The van der Waals surface area contributed by atoms with Crippen molar-refractivity contribution in [3.8, 4) is 5.75 Å². The number of halogens is 2. The first-order chi connectivity index (χ1) is 9.40. The maximum absolute atomic E-state index is 12.1. The zero-order valence-electron chi connectivity index (χ0n) is 12.4. The second kappa shape index (κ2) is 8.97.